The fraction of sp³-hybridized carbons (Fsp3) is 0.130. The van der Waals surface area contributed by atoms with Crippen LogP contribution in [0.4, 0.5) is 0 Å². The zero-order chi connectivity index (χ0) is 32.8. The van der Waals surface area contributed by atoms with Crippen molar-refractivity contribution in [2.45, 2.75) is 38.0 Å². The maximum Gasteiger partial charge on any atom is 0.143 e. The first-order valence-corrected chi connectivity index (χ1v) is 17.8. The van der Waals surface area contributed by atoms with Crippen LogP contribution in [0.15, 0.2) is 136 Å². The molecule has 4 heteroatoms. The number of aromatic nitrogens is 2. The van der Waals surface area contributed by atoms with Crippen LogP contribution in [0.25, 0.3) is 98.8 Å². The number of hydrogen-bond acceptors (Lipinski definition) is 4. The molecule has 1 aliphatic carbocycles. The quantitative estimate of drug-likeness (QED) is 0.180. The molecule has 238 valence electrons. The summed E-state index contributed by atoms with van der Waals surface area (Å²) in [6.45, 7) is 0. The average Bonchev–Trinajstić information content (AvgIpc) is 3.75. The number of rotatable bonds is 3. The lowest BCUT2D eigenvalue weighted by molar-refractivity contribution is 0.441. The van der Waals surface area contributed by atoms with Crippen molar-refractivity contribution in [3.05, 3.63) is 133 Å². The number of nitrogens with zero attached hydrogens (tertiary/aromatic N) is 2. The highest BCUT2D eigenvalue weighted by Crippen LogP contribution is 2.47. The number of benzene rings is 7. The van der Waals surface area contributed by atoms with Crippen LogP contribution in [0.1, 0.15) is 43.6 Å². The van der Waals surface area contributed by atoms with Gasteiger partial charge in [0.1, 0.15) is 22.3 Å². The molecule has 1 saturated carbocycles. The Labute approximate surface area is 288 Å². The first kappa shape index (κ1) is 27.9. The zero-order valence-electron chi connectivity index (χ0n) is 27.4. The van der Waals surface area contributed by atoms with Gasteiger partial charge in [0.15, 0.2) is 0 Å². The minimum atomic E-state index is 0.419. The summed E-state index contributed by atoms with van der Waals surface area (Å²) >= 11 is 0. The molecular weight excluding hydrogens is 613 g/mol. The first-order chi connectivity index (χ1) is 24.8. The second-order valence-corrected chi connectivity index (χ2v) is 13.9. The number of para-hydroxylation sites is 2. The fourth-order valence-corrected chi connectivity index (χ4v) is 8.74. The van der Waals surface area contributed by atoms with Gasteiger partial charge >= 0.3 is 0 Å². The van der Waals surface area contributed by atoms with E-state index < -0.39 is 0 Å². The predicted octanol–water partition coefficient (Wildman–Crippen LogP) is 13.1. The summed E-state index contributed by atoms with van der Waals surface area (Å²) in [5.41, 5.74) is 10.9. The molecule has 1 fully saturated rings. The van der Waals surface area contributed by atoms with Gasteiger partial charge in [-0.3, -0.25) is 4.98 Å². The molecule has 4 nitrogen and oxygen atoms in total. The smallest absolute Gasteiger partial charge is 0.143 e. The molecule has 0 aliphatic heterocycles. The zero-order valence-corrected chi connectivity index (χ0v) is 27.4. The molecule has 0 amide bonds. The van der Waals surface area contributed by atoms with Crippen LogP contribution in [0.2, 0.25) is 0 Å². The molecular formula is C46H32N2O2. The van der Waals surface area contributed by atoms with Crippen molar-refractivity contribution in [2.24, 2.45) is 0 Å². The van der Waals surface area contributed by atoms with Crippen LogP contribution in [-0.4, -0.2) is 9.97 Å². The lowest BCUT2D eigenvalue weighted by atomic mass is 9.82. The molecule has 0 saturated heterocycles. The predicted molar refractivity (Wildman–Crippen MR) is 206 cm³/mol. The molecule has 7 aromatic carbocycles. The van der Waals surface area contributed by atoms with Gasteiger partial charge in [-0.1, -0.05) is 122 Å². The summed E-state index contributed by atoms with van der Waals surface area (Å²) in [5, 5.41) is 9.28. The van der Waals surface area contributed by atoms with Crippen molar-refractivity contribution in [3.63, 3.8) is 0 Å². The van der Waals surface area contributed by atoms with Crippen molar-refractivity contribution in [2.75, 3.05) is 0 Å². The Morgan fingerprint density at radius 1 is 0.480 bits per heavy atom. The van der Waals surface area contributed by atoms with Gasteiger partial charge in [0.05, 0.1) is 22.9 Å². The summed E-state index contributed by atoms with van der Waals surface area (Å²) < 4.78 is 13.7. The van der Waals surface area contributed by atoms with Gasteiger partial charge in [-0.25, -0.2) is 4.98 Å². The van der Waals surface area contributed by atoms with Crippen LogP contribution in [0, 0.1) is 0 Å². The second-order valence-electron chi connectivity index (χ2n) is 13.9. The Bertz CT molecular complexity index is 2940. The van der Waals surface area contributed by atoms with E-state index in [0.29, 0.717) is 5.92 Å². The Morgan fingerprint density at radius 3 is 1.94 bits per heavy atom. The largest absolute Gasteiger partial charge is 0.456 e. The van der Waals surface area contributed by atoms with E-state index in [9.17, 15) is 0 Å². The molecule has 0 N–H and O–H groups in total. The Hall–Kier alpha value is -6.00. The molecule has 0 spiro atoms. The standard InChI is InChI=1S/C46H32N2O2/c1-2-12-27(13-3-1)41-45-37(33-18-8-9-23-40(33)49-45)25-38-36-22-11-21-30(44(36)50-46(38)41)28-14-10-15-29(24-28)39-26-47-42-34-19-6-4-16-31(34)32-17-5-7-20-35(32)43(42)48-39/h4-11,14-27H,1-3,12-13H2. The van der Waals surface area contributed by atoms with E-state index in [1.807, 2.05) is 6.20 Å². The van der Waals surface area contributed by atoms with E-state index in [1.165, 1.54) is 41.0 Å². The van der Waals surface area contributed by atoms with E-state index in [1.54, 1.807) is 0 Å². The average molecular weight is 645 g/mol. The third-order valence-corrected chi connectivity index (χ3v) is 11.1. The summed E-state index contributed by atoms with van der Waals surface area (Å²) in [4.78, 5) is 10.3. The molecule has 0 unspecified atom stereocenters. The normalized spacial score (nSPS) is 14.3. The molecule has 50 heavy (non-hydrogen) atoms. The minimum Gasteiger partial charge on any atom is -0.456 e. The number of furan rings is 2. The maximum atomic E-state index is 7.03. The topological polar surface area (TPSA) is 52.1 Å². The van der Waals surface area contributed by atoms with Crippen LogP contribution in [0.3, 0.4) is 0 Å². The highest BCUT2D eigenvalue weighted by atomic mass is 16.3. The highest BCUT2D eigenvalue weighted by Gasteiger charge is 2.27. The van der Waals surface area contributed by atoms with E-state index in [2.05, 4.69) is 121 Å². The van der Waals surface area contributed by atoms with Gasteiger partial charge in [0, 0.05) is 49.0 Å². The van der Waals surface area contributed by atoms with Crippen LogP contribution < -0.4 is 0 Å². The molecule has 10 aromatic rings. The van der Waals surface area contributed by atoms with Gasteiger partial charge in [-0.05, 0) is 53.3 Å². The Morgan fingerprint density at radius 2 is 1.12 bits per heavy atom. The van der Waals surface area contributed by atoms with Gasteiger partial charge in [-0.2, -0.15) is 0 Å². The van der Waals surface area contributed by atoms with Crippen molar-refractivity contribution in [3.8, 4) is 22.4 Å². The lowest BCUT2D eigenvalue weighted by Crippen LogP contribution is -2.05. The van der Waals surface area contributed by atoms with Crippen molar-refractivity contribution in [1.82, 2.24) is 9.97 Å². The summed E-state index contributed by atoms with van der Waals surface area (Å²) in [5.74, 6) is 0.419. The number of hydrogen-bond donors (Lipinski definition) is 0. The van der Waals surface area contributed by atoms with Crippen molar-refractivity contribution >= 4 is 76.5 Å². The lowest BCUT2D eigenvalue weighted by Gasteiger charge is -2.22. The third kappa shape index (κ3) is 4.05. The third-order valence-electron chi connectivity index (χ3n) is 11.1. The fourth-order valence-electron chi connectivity index (χ4n) is 8.74. The SMILES string of the molecule is c1cc(-c2cnc3c4ccccc4c4ccccc4c3n2)cc(-c2cccc3c2oc2c(C4CCCCC4)c4oc5ccccc5c4cc23)c1. The van der Waals surface area contributed by atoms with E-state index in [0.717, 1.165) is 95.5 Å². The molecule has 0 bridgehead atoms. The van der Waals surface area contributed by atoms with Gasteiger partial charge in [0.25, 0.3) is 0 Å². The van der Waals surface area contributed by atoms with Crippen LogP contribution in [0.5, 0.6) is 0 Å². The summed E-state index contributed by atoms with van der Waals surface area (Å²) in [6.07, 6.45) is 8.02. The van der Waals surface area contributed by atoms with Gasteiger partial charge in [0.2, 0.25) is 0 Å². The van der Waals surface area contributed by atoms with Crippen LogP contribution in [-0.2, 0) is 0 Å². The van der Waals surface area contributed by atoms with Gasteiger partial charge in [-0.15, -0.1) is 0 Å². The highest BCUT2D eigenvalue weighted by molar-refractivity contribution is 6.23. The molecule has 1 aliphatic rings. The molecule has 3 aromatic heterocycles. The molecule has 0 atom stereocenters. The number of fused-ring (bicyclic) bond motifs is 12. The van der Waals surface area contributed by atoms with Crippen molar-refractivity contribution < 1.29 is 8.83 Å². The molecule has 0 radical (unpaired) electrons. The van der Waals surface area contributed by atoms with E-state index in [4.69, 9.17) is 18.8 Å². The van der Waals surface area contributed by atoms with Crippen LogP contribution >= 0.6 is 0 Å². The summed E-state index contributed by atoms with van der Waals surface area (Å²) in [7, 11) is 0. The van der Waals surface area contributed by atoms with E-state index in [-0.39, 0.29) is 0 Å². The molecule has 3 heterocycles. The molecule has 11 rings (SSSR count). The summed E-state index contributed by atoms with van der Waals surface area (Å²) in [6, 6.07) is 42.9. The maximum absolute atomic E-state index is 7.03. The first-order valence-electron chi connectivity index (χ1n) is 17.8. The monoisotopic (exact) mass is 644 g/mol. The second kappa shape index (κ2) is 10.8. The van der Waals surface area contributed by atoms with Crippen molar-refractivity contribution in [1.29, 1.82) is 0 Å². The Kier molecular flexibility index (Phi) is 6.00. The van der Waals surface area contributed by atoms with E-state index >= 15 is 0 Å². The van der Waals surface area contributed by atoms with Gasteiger partial charge < -0.3 is 8.83 Å². The Balaban J connectivity index is 1.11. The minimum absolute atomic E-state index is 0.419.